The SMILES string of the molecule is Nc1nc(N)nc(NP)n1. The number of hydrogen-bond donors (Lipinski definition) is 3. The Hall–Kier alpha value is -1.16. The topological polar surface area (TPSA) is 103 Å². The Balaban J connectivity index is 3.06. The molecule has 1 rings (SSSR count). The van der Waals surface area contributed by atoms with E-state index in [0.29, 0.717) is 5.95 Å². The summed E-state index contributed by atoms with van der Waals surface area (Å²) in [6, 6.07) is 0. The van der Waals surface area contributed by atoms with Gasteiger partial charge in [0.15, 0.2) is 0 Å². The molecule has 0 amide bonds. The van der Waals surface area contributed by atoms with Gasteiger partial charge in [0.2, 0.25) is 17.8 Å². The summed E-state index contributed by atoms with van der Waals surface area (Å²) in [6.07, 6.45) is 0. The molecule has 6 nitrogen and oxygen atoms in total. The van der Waals surface area contributed by atoms with Gasteiger partial charge >= 0.3 is 0 Å². The maximum atomic E-state index is 5.24. The quantitative estimate of drug-likeness (QED) is 0.464. The van der Waals surface area contributed by atoms with Crippen molar-refractivity contribution >= 4 is 27.2 Å². The van der Waals surface area contributed by atoms with E-state index in [0.717, 1.165) is 0 Å². The zero-order valence-electron chi connectivity index (χ0n) is 5.07. The third-order valence-electron chi connectivity index (χ3n) is 0.799. The molecule has 0 aliphatic rings. The molecule has 0 aliphatic heterocycles. The van der Waals surface area contributed by atoms with Crippen molar-refractivity contribution in [2.75, 3.05) is 16.6 Å². The van der Waals surface area contributed by atoms with Crippen LogP contribution in [0.2, 0.25) is 0 Å². The van der Waals surface area contributed by atoms with E-state index in [-0.39, 0.29) is 11.9 Å². The van der Waals surface area contributed by atoms with Gasteiger partial charge < -0.3 is 16.6 Å². The van der Waals surface area contributed by atoms with E-state index >= 15 is 0 Å². The molecule has 0 aliphatic carbocycles. The van der Waals surface area contributed by atoms with Crippen LogP contribution in [0.1, 0.15) is 0 Å². The lowest BCUT2D eigenvalue weighted by molar-refractivity contribution is 1.09. The summed E-state index contributed by atoms with van der Waals surface area (Å²) in [6.45, 7) is 0. The molecule has 1 unspecified atom stereocenters. The van der Waals surface area contributed by atoms with Crippen molar-refractivity contribution in [2.45, 2.75) is 0 Å². The van der Waals surface area contributed by atoms with Crippen molar-refractivity contribution in [3.8, 4) is 0 Å². The highest BCUT2D eigenvalue weighted by molar-refractivity contribution is 7.18. The average Bonchev–Trinajstić information content (AvgIpc) is 1.85. The van der Waals surface area contributed by atoms with Crippen molar-refractivity contribution in [1.29, 1.82) is 0 Å². The fourth-order valence-corrected chi connectivity index (χ4v) is 0.603. The third-order valence-corrected chi connectivity index (χ3v) is 1.06. The number of nitrogens with two attached hydrogens (primary N) is 2. The predicted octanol–water partition coefficient (Wildman–Crippen LogP) is -0.762. The minimum absolute atomic E-state index is 0.109. The Morgan fingerprint density at radius 3 is 2.00 bits per heavy atom. The van der Waals surface area contributed by atoms with Crippen molar-refractivity contribution in [1.82, 2.24) is 15.0 Å². The van der Waals surface area contributed by atoms with Gasteiger partial charge in [-0.05, 0) is 9.39 Å². The molecule has 0 fully saturated rings. The van der Waals surface area contributed by atoms with Crippen LogP contribution in [0.15, 0.2) is 0 Å². The number of anilines is 3. The highest BCUT2D eigenvalue weighted by atomic mass is 31.0. The number of hydrogen-bond acceptors (Lipinski definition) is 6. The highest BCUT2D eigenvalue weighted by Crippen LogP contribution is 2.04. The summed E-state index contributed by atoms with van der Waals surface area (Å²) in [5.41, 5.74) is 10.5. The largest absolute Gasteiger partial charge is 0.368 e. The Labute approximate surface area is 59.7 Å². The van der Waals surface area contributed by atoms with Crippen LogP contribution in [-0.4, -0.2) is 15.0 Å². The molecule has 0 saturated heterocycles. The maximum Gasteiger partial charge on any atom is 0.232 e. The van der Waals surface area contributed by atoms with E-state index in [9.17, 15) is 0 Å². The number of nitrogen functional groups attached to an aromatic ring is 2. The molecule has 54 valence electrons. The van der Waals surface area contributed by atoms with Crippen LogP contribution in [0.25, 0.3) is 0 Å². The van der Waals surface area contributed by atoms with E-state index < -0.39 is 0 Å². The van der Waals surface area contributed by atoms with Crippen LogP contribution in [0.3, 0.4) is 0 Å². The summed E-state index contributed by atoms with van der Waals surface area (Å²) in [5.74, 6) is 0.560. The number of nitrogens with one attached hydrogen (secondary N) is 1. The molecule has 1 aromatic heterocycles. The molecule has 1 atom stereocenters. The molecular formula is C3H7N6P. The molecule has 0 saturated carbocycles. The van der Waals surface area contributed by atoms with Gasteiger partial charge in [-0.2, -0.15) is 15.0 Å². The number of aromatic nitrogens is 3. The van der Waals surface area contributed by atoms with Gasteiger partial charge in [0.05, 0.1) is 0 Å². The summed E-state index contributed by atoms with van der Waals surface area (Å²) in [7, 11) is 2.22. The lowest BCUT2D eigenvalue weighted by atomic mass is 10.8. The van der Waals surface area contributed by atoms with Crippen molar-refractivity contribution < 1.29 is 0 Å². The second-order valence-electron chi connectivity index (χ2n) is 1.52. The molecule has 5 N–H and O–H groups in total. The molecule has 0 bridgehead atoms. The molecular weight excluding hydrogens is 151 g/mol. The van der Waals surface area contributed by atoms with Gasteiger partial charge in [0.1, 0.15) is 0 Å². The Morgan fingerprint density at radius 1 is 1.10 bits per heavy atom. The second kappa shape index (κ2) is 2.62. The highest BCUT2D eigenvalue weighted by Gasteiger charge is 1.96. The van der Waals surface area contributed by atoms with E-state index in [1.54, 1.807) is 0 Å². The molecule has 10 heavy (non-hydrogen) atoms. The monoisotopic (exact) mass is 158 g/mol. The predicted molar refractivity (Wildman–Crippen MR) is 42.0 cm³/mol. The third kappa shape index (κ3) is 1.41. The van der Waals surface area contributed by atoms with Gasteiger partial charge in [0, 0.05) is 0 Å². The van der Waals surface area contributed by atoms with Gasteiger partial charge in [-0.15, -0.1) is 0 Å². The van der Waals surface area contributed by atoms with E-state index in [4.69, 9.17) is 11.5 Å². The fourth-order valence-electron chi connectivity index (χ4n) is 0.474. The minimum atomic E-state index is 0.109. The van der Waals surface area contributed by atoms with Crippen LogP contribution in [0, 0.1) is 0 Å². The number of nitrogens with zero attached hydrogens (tertiary/aromatic N) is 3. The van der Waals surface area contributed by atoms with E-state index in [1.807, 2.05) is 0 Å². The first-order valence-electron chi connectivity index (χ1n) is 2.46. The zero-order valence-corrected chi connectivity index (χ0v) is 6.23. The Morgan fingerprint density at radius 2 is 1.60 bits per heavy atom. The summed E-state index contributed by atoms with van der Waals surface area (Å²) < 4.78 is 0. The Kier molecular flexibility index (Phi) is 1.82. The van der Waals surface area contributed by atoms with Gasteiger partial charge in [0.25, 0.3) is 0 Å². The first-order valence-corrected chi connectivity index (χ1v) is 3.04. The molecule has 1 heterocycles. The summed E-state index contributed by atoms with van der Waals surface area (Å²) in [4.78, 5) is 11.0. The lowest BCUT2D eigenvalue weighted by Crippen LogP contribution is -2.04. The zero-order chi connectivity index (χ0) is 7.56. The van der Waals surface area contributed by atoms with Crippen LogP contribution < -0.4 is 16.6 Å². The van der Waals surface area contributed by atoms with Crippen LogP contribution >= 0.6 is 9.39 Å². The van der Waals surface area contributed by atoms with Crippen LogP contribution in [-0.2, 0) is 0 Å². The van der Waals surface area contributed by atoms with Crippen molar-refractivity contribution in [3.63, 3.8) is 0 Å². The Bertz CT molecular complexity index is 216. The van der Waals surface area contributed by atoms with Crippen LogP contribution in [0.5, 0.6) is 0 Å². The van der Waals surface area contributed by atoms with Gasteiger partial charge in [-0.1, -0.05) is 0 Å². The average molecular weight is 158 g/mol. The van der Waals surface area contributed by atoms with Gasteiger partial charge in [-0.3, -0.25) is 0 Å². The molecule has 0 radical (unpaired) electrons. The normalized spacial score (nSPS) is 9.30. The first-order chi connectivity index (χ1) is 4.72. The number of rotatable bonds is 1. The smallest absolute Gasteiger partial charge is 0.232 e. The van der Waals surface area contributed by atoms with E-state index in [2.05, 4.69) is 29.4 Å². The van der Waals surface area contributed by atoms with Crippen LogP contribution in [0.4, 0.5) is 17.8 Å². The standard InChI is InChI=1S/C3H7N6P/c4-1-6-2(5)8-3(7-1)9-10/h10H2,(H5,4,5,6,7,8,9). The maximum absolute atomic E-state index is 5.24. The second-order valence-corrected chi connectivity index (χ2v) is 1.81. The summed E-state index contributed by atoms with van der Waals surface area (Å²) in [5, 5.41) is 2.60. The van der Waals surface area contributed by atoms with Gasteiger partial charge in [-0.25, -0.2) is 0 Å². The first kappa shape index (κ1) is 6.95. The minimum Gasteiger partial charge on any atom is -0.368 e. The van der Waals surface area contributed by atoms with E-state index in [1.165, 1.54) is 0 Å². The molecule has 0 spiro atoms. The summed E-state index contributed by atoms with van der Waals surface area (Å²) >= 11 is 0. The van der Waals surface area contributed by atoms with Crippen molar-refractivity contribution in [3.05, 3.63) is 0 Å². The fraction of sp³-hybridized carbons (Fsp3) is 0. The lowest BCUT2D eigenvalue weighted by Gasteiger charge is -1.98. The molecule has 7 heteroatoms. The molecule has 1 aromatic rings. The van der Waals surface area contributed by atoms with Crippen molar-refractivity contribution in [2.24, 2.45) is 0 Å². The molecule has 0 aromatic carbocycles.